The fraction of sp³-hybridized carbons (Fsp3) is 0.158. The molecule has 0 radical (unpaired) electrons. The largest absolute Gasteiger partial charge is 0.273 e. The van der Waals surface area contributed by atoms with Crippen LogP contribution in [0.2, 0.25) is 0 Å². The van der Waals surface area contributed by atoms with Crippen LogP contribution in [0, 0.1) is 7.14 Å². The van der Waals surface area contributed by atoms with E-state index in [2.05, 4.69) is 66.2 Å². The number of halogens is 2. The average molecular weight is 588 g/mol. The Kier molecular flexibility index (Phi) is 9.39. The molecule has 2 aromatic carbocycles. The number of hydrazone groups is 2. The van der Waals surface area contributed by atoms with Gasteiger partial charge >= 0.3 is 0 Å². The van der Waals surface area contributed by atoms with Gasteiger partial charge in [0.15, 0.2) is 0 Å². The third-order valence-electron chi connectivity index (χ3n) is 3.40. The third-order valence-corrected chi connectivity index (χ3v) is 5.37. The summed E-state index contributed by atoms with van der Waals surface area (Å²) in [5.74, 6) is -0.459. The van der Waals surface area contributed by atoms with Gasteiger partial charge in [0, 0.05) is 31.1 Å². The van der Waals surface area contributed by atoms with E-state index >= 15 is 0 Å². The average Bonchev–Trinajstić information content (AvgIpc) is 2.65. The Labute approximate surface area is 185 Å². The van der Waals surface area contributed by atoms with Crippen LogP contribution in [0.3, 0.4) is 0 Å². The summed E-state index contributed by atoms with van der Waals surface area (Å²) in [5.41, 5.74) is 6.80. The van der Waals surface area contributed by atoms with E-state index in [1.54, 1.807) is 12.4 Å². The summed E-state index contributed by atoms with van der Waals surface area (Å²) in [6, 6.07) is 15.4. The van der Waals surface area contributed by atoms with Gasteiger partial charge in [0.05, 0.1) is 12.4 Å². The summed E-state index contributed by atoms with van der Waals surface area (Å²) >= 11 is 4.41. The standard InChI is InChI=1S/C19H18I2N4O2/c20-16-8-3-1-6-14(16)12-22-24-18(26)10-5-11-19(27)25-23-13-15-7-2-4-9-17(15)21/h1-4,6-9,12-13H,5,10-11H2,(H,24,26)(H,25,27)/b22-12+,23-13+. The topological polar surface area (TPSA) is 82.9 Å². The van der Waals surface area contributed by atoms with Gasteiger partial charge in [-0.25, -0.2) is 10.9 Å². The second-order valence-electron chi connectivity index (χ2n) is 5.48. The molecular formula is C19H18I2N4O2. The molecule has 0 aliphatic rings. The highest BCUT2D eigenvalue weighted by Crippen LogP contribution is 2.09. The predicted octanol–water partition coefficient (Wildman–Crippen LogP) is 3.67. The molecule has 27 heavy (non-hydrogen) atoms. The highest BCUT2D eigenvalue weighted by molar-refractivity contribution is 14.1. The van der Waals surface area contributed by atoms with Gasteiger partial charge in [-0.05, 0) is 63.7 Å². The quantitative estimate of drug-likeness (QED) is 0.281. The van der Waals surface area contributed by atoms with Gasteiger partial charge < -0.3 is 0 Å². The summed E-state index contributed by atoms with van der Waals surface area (Å²) in [6.45, 7) is 0. The molecular weight excluding hydrogens is 570 g/mol. The first-order valence-corrected chi connectivity index (χ1v) is 10.3. The lowest BCUT2D eigenvalue weighted by atomic mass is 10.2. The van der Waals surface area contributed by atoms with Crippen LogP contribution in [0.5, 0.6) is 0 Å². The molecule has 2 amide bonds. The maximum atomic E-state index is 11.7. The third kappa shape index (κ3) is 8.16. The van der Waals surface area contributed by atoms with Gasteiger partial charge in [0.1, 0.15) is 0 Å². The Balaban J connectivity index is 1.65. The van der Waals surface area contributed by atoms with Crippen molar-refractivity contribution in [1.82, 2.24) is 10.9 Å². The lowest BCUT2D eigenvalue weighted by molar-refractivity contribution is -0.122. The van der Waals surface area contributed by atoms with Crippen molar-refractivity contribution in [2.24, 2.45) is 10.2 Å². The molecule has 8 heteroatoms. The summed E-state index contributed by atoms with van der Waals surface area (Å²) in [6.07, 6.45) is 4.07. The van der Waals surface area contributed by atoms with Crippen LogP contribution >= 0.6 is 45.2 Å². The van der Waals surface area contributed by atoms with Gasteiger partial charge in [-0.15, -0.1) is 0 Å². The Morgan fingerprint density at radius 1 is 0.778 bits per heavy atom. The normalized spacial score (nSPS) is 11.0. The zero-order valence-electron chi connectivity index (χ0n) is 14.4. The molecule has 2 N–H and O–H groups in total. The van der Waals surface area contributed by atoms with Crippen LogP contribution in [-0.2, 0) is 9.59 Å². The van der Waals surface area contributed by atoms with E-state index in [-0.39, 0.29) is 24.7 Å². The molecule has 0 unspecified atom stereocenters. The van der Waals surface area contributed by atoms with Gasteiger partial charge in [0.25, 0.3) is 0 Å². The van der Waals surface area contributed by atoms with E-state index in [0.29, 0.717) is 6.42 Å². The van der Waals surface area contributed by atoms with E-state index < -0.39 is 0 Å². The number of rotatable bonds is 8. The van der Waals surface area contributed by atoms with Gasteiger partial charge in [-0.2, -0.15) is 10.2 Å². The number of nitrogens with one attached hydrogen (secondary N) is 2. The van der Waals surface area contributed by atoms with Crippen molar-refractivity contribution in [3.05, 3.63) is 66.8 Å². The number of carbonyl (C=O) groups excluding carboxylic acids is 2. The van der Waals surface area contributed by atoms with Crippen LogP contribution in [-0.4, -0.2) is 24.2 Å². The molecule has 0 fully saturated rings. The Morgan fingerprint density at radius 3 is 1.59 bits per heavy atom. The molecule has 2 aromatic rings. The number of carbonyl (C=O) groups is 2. The summed E-state index contributed by atoms with van der Waals surface area (Å²) < 4.78 is 2.10. The molecule has 0 atom stereocenters. The molecule has 0 spiro atoms. The van der Waals surface area contributed by atoms with Crippen molar-refractivity contribution in [3.63, 3.8) is 0 Å². The van der Waals surface area contributed by atoms with E-state index in [0.717, 1.165) is 18.3 Å². The van der Waals surface area contributed by atoms with Crippen LogP contribution in [0.1, 0.15) is 30.4 Å². The SMILES string of the molecule is O=C(CCCC(=O)N/N=C/c1ccccc1I)N/N=C/c1ccccc1I. The molecule has 140 valence electrons. The first-order valence-electron chi connectivity index (χ1n) is 8.19. The Hall–Kier alpha value is -1.82. The second kappa shape index (κ2) is 11.8. The lowest BCUT2D eigenvalue weighted by Gasteiger charge is -2.01. The van der Waals surface area contributed by atoms with Crippen molar-refractivity contribution < 1.29 is 9.59 Å². The number of hydrogen-bond acceptors (Lipinski definition) is 4. The van der Waals surface area contributed by atoms with Gasteiger partial charge in [0.2, 0.25) is 11.8 Å². The fourth-order valence-corrected chi connectivity index (χ4v) is 3.08. The van der Waals surface area contributed by atoms with E-state index in [4.69, 9.17) is 0 Å². The lowest BCUT2D eigenvalue weighted by Crippen LogP contribution is -2.20. The maximum Gasteiger partial charge on any atom is 0.240 e. The Bertz CT molecular complexity index is 784. The molecule has 0 aliphatic carbocycles. The Morgan fingerprint density at radius 2 is 1.19 bits per heavy atom. The predicted molar refractivity (Wildman–Crippen MR) is 124 cm³/mol. The number of amides is 2. The number of hydrogen-bond donors (Lipinski definition) is 2. The first-order chi connectivity index (χ1) is 13.1. The minimum Gasteiger partial charge on any atom is -0.273 e. The fourth-order valence-electron chi connectivity index (χ4n) is 2.03. The summed E-state index contributed by atoms with van der Waals surface area (Å²) in [5, 5.41) is 7.87. The van der Waals surface area contributed by atoms with E-state index in [1.165, 1.54) is 0 Å². The second-order valence-corrected chi connectivity index (χ2v) is 7.81. The van der Waals surface area contributed by atoms with Crippen molar-refractivity contribution >= 4 is 69.4 Å². The molecule has 2 rings (SSSR count). The molecule has 0 saturated carbocycles. The molecule has 0 aliphatic heterocycles. The zero-order chi connectivity index (χ0) is 19.5. The summed E-state index contributed by atoms with van der Waals surface area (Å²) in [7, 11) is 0. The highest BCUT2D eigenvalue weighted by Gasteiger charge is 2.04. The van der Waals surface area contributed by atoms with Crippen LogP contribution in [0.4, 0.5) is 0 Å². The van der Waals surface area contributed by atoms with Gasteiger partial charge in [-0.3, -0.25) is 9.59 Å². The highest BCUT2D eigenvalue weighted by atomic mass is 127. The van der Waals surface area contributed by atoms with E-state index in [1.807, 2.05) is 48.5 Å². The molecule has 0 bridgehead atoms. The molecule has 6 nitrogen and oxygen atoms in total. The smallest absolute Gasteiger partial charge is 0.240 e. The van der Waals surface area contributed by atoms with Gasteiger partial charge in [-0.1, -0.05) is 36.4 Å². The molecule has 0 saturated heterocycles. The van der Waals surface area contributed by atoms with Crippen molar-refractivity contribution in [2.45, 2.75) is 19.3 Å². The van der Waals surface area contributed by atoms with Crippen LogP contribution < -0.4 is 10.9 Å². The maximum absolute atomic E-state index is 11.7. The number of benzene rings is 2. The minimum atomic E-state index is -0.229. The van der Waals surface area contributed by atoms with Crippen molar-refractivity contribution in [3.8, 4) is 0 Å². The zero-order valence-corrected chi connectivity index (χ0v) is 18.7. The van der Waals surface area contributed by atoms with E-state index in [9.17, 15) is 9.59 Å². The van der Waals surface area contributed by atoms with Crippen LogP contribution in [0.15, 0.2) is 58.7 Å². The first kappa shape index (κ1) is 21.5. The molecule has 0 heterocycles. The summed E-state index contributed by atoms with van der Waals surface area (Å²) in [4.78, 5) is 23.5. The van der Waals surface area contributed by atoms with Crippen molar-refractivity contribution in [2.75, 3.05) is 0 Å². The number of nitrogens with zero attached hydrogens (tertiary/aromatic N) is 2. The molecule has 0 aromatic heterocycles. The monoisotopic (exact) mass is 588 g/mol. The van der Waals surface area contributed by atoms with Crippen LogP contribution in [0.25, 0.3) is 0 Å². The minimum absolute atomic E-state index is 0.219. The van der Waals surface area contributed by atoms with Crippen molar-refractivity contribution in [1.29, 1.82) is 0 Å².